The van der Waals surface area contributed by atoms with E-state index in [9.17, 15) is 9.59 Å². The lowest BCUT2D eigenvalue weighted by Crippen LogP contribution is -2.56. The Morgan fingerprint density at radius 1 is 0.583 bits per heavy atom. The number of esters is 2. The van der Waals surface area contributed by atoms with Gasteiger partial charge >= 0.3 is 11.9 Å². The van der Waals surface area contributed by atoms with Gasteiger partial charge in [-0.25, -0.2) is 0 Å². The highest BCUT2D eigenvalue weighted by atomic mass is 16.5. The van der Waals surface area contributed by atoms with E-state index in [1.807, 2.05) is 121 Å². The minimum atomic E-state index is -1.06. The number of ether oxygens (including phenoxy) is 2. The van der Waals surface area contributed by atoms with Crippen LogP contribution in [0.4, 0.5) is 0 Å². The lowest BCUT2D eigenvalue weighted by Gasteiger charge is -2.41. The topological polar surface area (TPSA) is 64.6 Å². The summed E-state index contributed by atoms with van der Waals surface area (Å²) in [5, 5.41) is 3.61. The van der Waals surface area contributed by atoms with Gasteiger partial charge in [-0.1, -0.05) is 121 Å². The Labute approximate surface area is 211 Å². The van der Waals surface area contributed by atoms with Gasteiger partial charge in [0.2, 0.25) is 0 Å². The van der Waals surface area contributed by atoms with E-state index in [4.69, 9.17) is 9.47 Å². The Morgan fingerprint density at radius 3 is 1.31 bits per heavy atom. The summed E-state index contributed by atoms with van der Waals surface area (Å²) in [6.45, 7) is 0. The fourth-order valence-electron chi connectivity index (χ4n) is 4.70. The summed E-state index contributed by atoms with van der Waals surface area (Å²) in [7, 11) is 2.65. The molecule has 182 valence electrons. The van der Waals surface area contributed by atoms with E-state index in [1.165, 1.54) is 14.2 Å². The van der Waals surface area contributed by atoms with Crippen molar-refractivity contribution in [2.75, 3.05) is 14.2 Å². The number of rotatable bonds is 9. The van der Waals surface area contributed by atoms with Gasteiger partial charge in [-0.2, -0.15) is 0 Å². The third kappa shape index (κ3) is 4.92. The van der Waals surface area contributed by atoms with Gasteiger partial charge in [-0.3, -0.25) is 14.9 Å². The summed E-state index contributed by atoms with van der Waals surface area (Å²) < 4.78 is 10.4. The van der Waals surface area contributed by atoms with Gasteiger partial charge in [0.1, 0.15) is 12.0 Å². The molecule has 0 spiro atoms. The fourth-order valence-corrected chi connectivity index (χ4v) is 4.70. The van der Waals surface area contributed by atoms with E-state index < -0.39 is 29.4 Å². The Kier molecular flexibility index (Phi) is 7.93. The molecule has 2 atom stereocenters. The molecule has 5 nitrogen and oxygen atoms in total. The lowest BCUT2D eigenvalue weighted by molar-refractivity contribution is -0.152. The number of carbonyl (C=O) groups is 2. The summed E-state index contributed by atoms with van der Waals surface area (Å²) in [5.41, 5.74) is 2.40. The van der Waals surface area contributed by atoms with Gasteiger partial charge in [-0.05, 0) is 22.3 Å². The zero-order chi connectivity index (χ0) is 25.4. The minimum Gasteiger partial charge on any atom is -0.468 e. The van der Waals surface area contributed by atoms with Gasteiger partial charge in [0.25, 0.3) is 0 Å². The minimum absolute atomic E-state index is 0.535. The standard InChI is InChI=1S/C31H29NO4/c1-35-29(33)27(23-15-7-3-8-16-23)28(30(34)36-2)32-31(24-17-9-4-10-18-24,25-19-11-5-12-20-25)26-21-13-6-14-22-26/h3-22,27-28,32H,1-2H3. The first-order chi connectivity index (χ1) is 17.6. The number of benzene rings is 4. The zero-order valence-corrected chi connectivity index (χ0v) is 20.3. The van der Waals surface area contributed by atoms with Crippen molar-refractivity contribution < 1.29 is 19.1 Å². The number of nitrogens with one attached hydrogen (secondary N) is 1. The third-order valence-electron chi connectivity index (χ3n) is 6.39. The van der Waals surface area contributed by atoms with E-state index in [-0.39, 0.29) is 0 Å². The number of methoxy groups -OCH3 is 2. The Morgan fingerprint density at radius 2 is 0.944 bits per heavy atom. The van der Waals surface area contributed by atoms with E-state index in [2.05, 4.69) is 5.32 Å². The molecule has 4 aromatic carbocycles. The molecule has 0 bridgehead atoms. The largest absolute Gasteiger partial charge is 0.468 e. The second-order valence-electron chi connectivity index (χ2n) is 8.40. The predicted octanol–water partition coefficient (Wildman–Crippen LogP) is 5.07. The average molecular weight is 480 g/mol. The quantitative estimate of drug-likeness (QED) is 0.268. The maximum absolute atomic E-state index is 13.4. The van der Waals surface area contributed by atoms with E-state index >= 15 is 0 Å². The highest BCUT2D eigenvalue weighted by Gasteiger charge is 2.45. The van der Waals surface area contributed by atoms with Crippen molar-refractivity contribution in [3.63, 3.8) is 0 Å². The highest BCUT2D eigenvalue weighted by Crippen LogP contribution is 2.39. The van der Waals surface area contributed by atoms with Gasteiger partial charge in [0.05, 0.1) is 19.8 Å². The van der Waals surface area contributed by atoms with Gasteiger partial charge in [0, 0.05) is 0 Å². The average Bonchev–Trinajstić information content (AvgIpc) is 2.96. The number of carbonyl (C=O) groups excluding carboxylic acids is 2. The summed E-state index contributed by atoms with van der Waals surface area (Å²) in [6.07, 6.45) is 0. The molecule has 0 radical (unpaired) electrons. The first-order valence-electron chi connectivity index (χ1n) is 11.8. The molecule has 2 unspecified atom stereocenters. The first-order valence-corrected chi connectivity index (χ1v) is 11.8. The smallest absolute Gasteiger partial charge is 0.324 e. The third-order valence-corrected chi connectivity index (χ3v) is 6.39. The number of hydrogen-bond donors (Lipinski definition) is 1. The van der Waals surface area contributed by atoms with Crippen LogP contribution in [0.1, 0.15) is 28.2 Å². The Balaban J connectivity index is 2.00. The van der Waals surface area contributed by atoms with Crippen LogP contribution in [0.2, 0.25) is 0 Å². The van der Waals surface area contributed by atoms with Crippen LogP contribution in [-0.2, 0) is 24.6 Å². The molecule has 4 rings (SSSR count). The van der Waals surface area contributed by atoms with Gasteiger partial charge < -0.3 is 9.47 Å². The second kappa shape index (κ2) is 11.5. The van der Waals surface area contributed by atoms with Crippen molar-refractivity contribution >= 4 is 11.9 Å². The molecule has 0 heterocycles. The molecule has 0 aliphatic carbocycles. The molecule has 5 heteroatoms. The maximum atomic E-state index is 13.4. The molecule has 0 aliphatic rings. The monoisotopic (exact) mass is 479 g/mol. The molecule has 1 N–H and O–H groups in total. The second-order valence-corrected chi connectivity index (χ2v) is 8.40. The van der Waals surface area contributed by atoms with Crippen LogP contribution in [0.5, 0.6) is 0 Å². The summed E-state index contributed by atoms with van der Waals surface area (Å²) in [5.74, 6) is -2.05. The molecular weight excluding hydrogens is 450 g/mol. The van der Waals surface area contributed by atoms with Crippen LogP contribution in [0.3, 0.4) is 0 Å². The predicted molar refractivity (Wildman–Crippen MR) is 139 cm³/mol. The summed E-state index contributed by atoms with van der Waals surface area (Å²) in [6, 6.07) is 37.7. The summed E-state index contributed by atoms with van der Waals surface area (Å²) in [4.78, 5) is 26.6. The van der Waals surface area contributed by atoms with Crippen molar-refractivity contribution in [1.82, 2.24) is 5.32 Å². The summed E-state index contributed by atoms with van der Waals surface area (Å²) >= 11 is 0. The van der Waals surface area contributed by atoms with Crippen molar-refractivity contribution in [3.05, 3.63) is 144 Å². The molecule has 36 heavy (non-hydrogen) atoms. The zero-order valence-electron chi connectivity index (χ0n) is 20.3. The van der Waals surface area contributed by atoms with E-state index in [0.717, 1.165) is 16.7 Å². The van der Waals surface area contributed by atoms with Crippen LogP contribution in [-0.4, -0.2) is 32.2 Å². The van der Waals surface area contributed by atoms with Gasteiger partial charge in [0.15, 0.2) is 0 Å². The molecule has 0 saturated heterocycles. The van der Waals surface area contributed by atoms with Crippen LogP contribution in [0.25, 0.3) is 0 Å². The molecule has 0 saturated carbocycles. The molecular formula is C31H29NO4. The van der Waals surface area contributed by atoms with Crippen LogP contribution < -0.4 is 5.32 Å². The van der Waals surface area contributed by atoms with Crippen molar-refractivity contribution in [1.29, 1.82) is 0 Å². The Hall–Kier alpha value is -4.22. The molecule has 0 aromatic heterocycles. The van der Waals surface area contributed by atoms with Crippen molar-refractivity contribution in [2.45, 2.75) is 17.5 Å². The molecule has 0 aliphatic heterocycles. The number of hydrogen-bond acceptors (Lipinski definition) is 5. The lowest BCUT2D eigenvalue weighted by atomic mass is 9.75. The van der Waals surface area contributed by atoms with Crippen molar-refractivity contribution in [3.8, 4) is 0 Å². The molecule has 4 aromatic rings. The maximum Gasteiger partial charge on any atom is 0.324 e. The fraction of sp³-hybridized carbons (Fsp3) is 0.161. The van der Waals surface area contributed by atoms with Crippen LogP contribution in [0.15, 0.2) is 121 Å². The van der Waals surface area contributed by atoms with Crippen molar-refractivity contribution in [2.24, 2.45) is 0 Å². The molecule has 0 fully saturated rings. The first kappa shape index (κ1) is 24.9. The Bertz CT molecular complexity index is 1160. The van der Waals surface area contributed by atoms with E-state index in [0.29, 0.717) is 5.56 Å². The van der Waals surface area contributed by atoms with Crippen LogP contribution in [0, 0.1) is 0 Å². The van der Waals surface area contributed by atoms with Crippen LogP contribution >= 0.6 is 0 Å². The highest BCUT2D eigenvalue weighted by molar-refractivity contribution is 5.89. The van der Waals surface area contributed by atoms with Gasteiger partial charge in [-0.15, -0.1) is 0 Å². The van der Waals surface area contributed by atoms with E-state index in [1.54, 1.807) is 0 Å². The molecule has 0 amide bonds. The normalized spacial score (nSPS) is 12.8. The SMILES string of the molecule is COC(=O)C(NC(c1ccccc1)(c1ccccc1)c1ccccc1)C(C(=O)OC)c1ccccc1.